The first-order valence-electron chi connectivity index (χ1n) is 11.8. The average Bonchev–Trinajstić information content (AvgIpc) is 3.50. The number of rotatable bonds is 4. The summed E-state index contributed by atoms with van der Waals surface area (Å²) < 4.78 is 52.2. The highest BCUT2D eigenvalue weighted by atomic mass is 19.4. The maximum atomic E-state index is 12.9. The zero-order valence-corrected chi connectivity index (χ0v) is 19.5. The zero-order chi connectivity index (χ0) is 24.9. The van der Waals surface area contributed by atoms with Gasteiger partial charge in [0.25, 0.3) is 0 Å². The summed E-state index contributed by atoms with van der Waals surface area (Å²) in [7, 11) is 1.92. The van der Waals surface area contributed by atoms with Gasteiger partial charge in [0.05, 0.1) is 23.8 Å². The van der Waals surface area contributed by atoms with Gasteiger partial charge in [0.2, 0.25) is 5.82 Å². The Kier molecular flexibility index (Phi) is 5.55. The van der Waals surface area contributed by atoms with Crippen LogP contribution in [0.4, 0.5) is 13.2 Å². The van der Waals surface area contributed by atoms with Crippen LogP contribution in [0.25, 0.3) is 22.6 Å². The van der Waals surface area contributed by atoms with Crippen molar-refractivity contribution in [1.29, 1.82) is 0 Å². The SMILES string of the molecule is Cn1c(CN2CCC(c3cccc4c3OCCO4)CC2)nc2cc(-c3nnc(C(F)(F)F)[nH]3)ncc21. The van der Waals surface area contributed by atoms with Crippen molar-refractivity contribution in [3.63, 3.8) is 0 Å². The Bertz CT molecular complexity index is 1410. The number of nitrogens with zero attached hydrogens (tertiary/aromatic N) is 6. The highest BCUT2D eigenvalue weighted by Gasteiger charge is 2.35. The molecule has 0 radical (unpaired) electrons. The number of nitrogens with one attached hydrogen (secondary N) is 1. The first-order chi connectivity index (χ1) is 17.4. The number of aryl methyl sites for hydroxylation is 1. The fraction of sp³-hybridized carbons (Fsp3) is 0.417. The molecule has 0 atom stereocenters. The first kappa shape index (κ1) is 22.8. The molecular weight excluding hydrogens is 475 g/mol. The van der Waals surface area contributed by atoms with Crippen LogP contribution in [0.15, 0.2) is 30.5 Å². The van der Waals surface area contributed by atoms with Crippen molar-refractivity contribution in [2.45, 2.75) is 31.5 Å². The molecule has 0 amide bonds. The van der Waals surface area contributed by atoms with E-state index in [1.54, 1.807) is 12.3 Å². The van der Waals surface area contributed by atoms with Crippen LogP contribution in [0.2, 0.25) is 0 Å². The summed E-state index contributed by atoms with van der Waals surface area (Å²) in [5, 5.41) is 6.77. The van der Waals surface area contributed by atoms with E-state index in [-0.39, 0.29) is 11.5 Å². The Hall–Kier alpha value is -3.67. The quantitative estimate of drug-likeness (QED) is 0.455. The lowest BCUT2D eigenvalue weighted by molar-refractivity contribution is -0.144. The number of aromatic amines is 1. The molecule has 1 N–H and O–H groups in total. The second-order valence-electron chi connectivity index (χ2n) is 9.09. The minimum absolute atomic E-state index is 0.0454. The maximum Gasteiger partial charge on any atom is 0.451 e. The van der Waals surface area contributed by atoms with Gasteiger partial charge in [0, 0.05) is 12.6 Å². The molecule has 5 heterocycles. The Morgan fingerprint density at radius 2 is 1.92 bits per heavy atom. The average molecular weight is 499 g/mol. The van der Waals surface area contributed by atoms with Crippen molar-refractivity contribution in [1.82, 2.24) is 34.6 Å². The van der Waals surface area contributed by atoms with Gasteiger partial charge in [-0.3, -0.25) is 9.88 Å². The molecule has 2 aliphatic heterocycles. The lowest BCUT2D eigenvalue weighted by Gasteiger charge is -2.33. The smallest absolute Gasteiger partial charge is 0.451 e. The number of piperidine rings is 1. The molecule has 4 aromatic rings. The van der Waals surface area contributed by atoms with Crippen LogP contribution in [0.3, 0.4) is 0 Å². The Labute approximate surface area is 204 Å². The number of alkyl halides is 3. The number of imidazole rings is 1. The molecule has 0 saturated carbocycles. The van der Waals surface area contributed by atoms with Gasteiger partial charge in [-0.1, -0.05) is 12.1 Å². The molecule has 12 heteroatoms. The van der Waals surface area contributed by atoms with Gasteiger partial charge in [-0.15, -0.1) is 10.2 Å². The number of pyridine rings is 1. The van der Waals surface area contributed by atoms with Gasteiger partial charge in [-0.05, 0) is 44.0 Å². The van der Waals surface area contributed by atoms with E-state index in [0.717, 1.165) is 48.8 Å². The van der Waals surface area contributed by atoms with Crippen molar-refractivity contribution in [2.75, 3.05) is 26.3 Å². The van der Waals surface area contributed by atoms with E-state index >= 15 is 0 Å². The summed E-state index contributed by atoms with van der Waals surface area (Å²) in [6, 6.07) is 7.75. The zero-order valence-electron chi connectivity index (χ0n) is 19.5. The normalized spacial score (nSPS) is 17.1. The highest BCUT2D eigenvalue weighted by molar-refractivity contribution is 5.78. The Balaban J connectivity index is 1.16. The van der Waals surface area contributed by atoms with E-state index in [2.05, 4.69) is 31.1 Å². The lowest BCUT2D eigenvalue weighted by Crippen LogP contribution is -2.33. The van der Waals surface area contributed by atoms with Gasteiger partial charge in [0.1, 0.15) is 24.7 Å². The predicted octanol–water partition coefficient (Wildman–Crippen LogP) is 3.92. The molecule has 3 aromatic heterocycles. The molecular formula is C24H24F3N7O2. The molecule has 6 rings (SSSR count). The van der Waals surface area contributed by atoms with Crippen LogP contribution in [0.1, 0.15) is 36.0 Å². The number of likely N-dealkylation sites (tertiary alicyclic amines) is 1. The highest BCUT2D eigenvalue weighted by Crippen LogP contribution is 2.41. The van der Waals surface area contributed by atoms with E-state index < -0.39 is 12.0 Å². The number of hydrogen-bond acceptors (Lipinski definition) is 7. The topological polar surface area (TPSA) is 94.0 Å². The third-order valence-corrected chi connectivity index (χ3v) is 6.85. The summed E-state index contributed by atoms with van der Waals surface area (Å²) >= 11 is 0. The van der Waals surface area contributed by atoms with E-state index in [9.17, 15) is 13.2 Å². The monoisotopic (exact) mass is 499 g/mol. The van der Waals surface area contributed by atoms with Crippen LogP contribution >= 0.6 is 0 Å². The second-order valence-corrected chi connectivity index (χ2v) is 9.09. The minimum Gasteiger partial charge on any atom is -0.486 e. The van der Waals surface area contributed by atoms with Crippen molar-refractivity contribution in [2.24, 2.45) is 7.05 Å². The maximum absolute atomic E-state index is 12.9. The number of benzene rings is 1. The molecule has 36 heavy (non-hydrogen) atoms. The van der Waals surface area contributed by atoms with E-state index in [4.69, 9.17) is 14.5 Å². The van der Waals surface area contributed by atoms with Crippen molar-refractivity contribution < 1.29 is 22.6 Å². The fourth-order valence-electron chi connectivity index (χ4n) is 4.93. The Morgan fingerprint density at radius 3 is 2.69 bits per heavy atom. The number of hydrogen-bond donors (Lipinski definition) is 1. The summed E-state index contributed by atoms with van der Waals surface area (Å²) in [6.45, 7) is 3.66. The molecule has 2 aliphatic rings. The molecule has 0 spiro atoms. The summed E-state index contributed by atoms with van der Waals surface area (Å²) in [5.74, 6) is 1.79. The largest absolute Gasteiger partial charge is 0.486 e. The molecule has 0 unspecified atom stereocenters. The first-order valence-corrected chi connectivity index (χ1v) is 11.8. The molecule has 0 bridgehead atoms. The van der Waals surface area contributed by atoms with Crippen molar-refractivity contribution in [3.05, 3.63) is 47.7 Å². The van der Waals surface area contributed by atoms with Gasteiger partial charge in [-0.25, -0.2) is 4.98 Å². The predicted molar refractivity (Wildman–Crippen MR) is 124 cm³/mol. The molecule has 9 nitrogen and oxygen atoms in total. The van der Waals surface area contributed by atoms with Crippen LogP contribution in [-0.4, -0.2) is 60.9 Å². The second kappa shape index (κ2) is 8.77. The standard InChI is InChI=1S/C24H24F3N7O2/c1-33-18-12-28-17(22-30-23(32-31-22)24(25,26)27)11-16(18)29-20(33)13-34-7-5-14(6-8-34)15-3-2-4-19-21(15)36-10-9-35-19/h2-4,11-12,14H,5-10,13H2,1H3,(H,30,31,32). The molecule has 1 saturated heterocycles. The van der Waals surface area contributed by atoms with Crippen LogP contribution in [0, 0.1) is 0 Å². The van der Waals surface area contributed by atoms with Gasteiger partial charge in [-0.2, -0.15) is 13.2 Å². The third-order valence-electron chi connectivity index (χ3n) is 6.85. The molecule has 188 valence electrons. The number of ether oxygens (including phenoxy) is 2. The van der Waals surface area contributed by atoms with E-state index in [1.165, 1.54) is 5.56 Å². The van der Waals surface area contributed by atoms with Crippen molar-refractivity contribution >= 4 is 11.0 Å². The van der Waals surface area contributed by atoms with Crippen LogP contribution in [-0.2, 0) is 19.8 Å². The number of para-hydroxylation sites is 1. The van der Waals surface area contributed by atoms with Gasteiger partial charge < -0.3 is 19.0 Å². The van der Waals surface area contributed by atoms with Crippen molar-refractivity contribution in [3.8, 4) is 23.0 Å². The Morgan fingerprint density at radius 1 is 1.11 bits per heavy atom. The minimum atomic E-state index is -4.60. The molecule has 1 fully saturated rings. The number of aromatic nitrogens is 6. The number of H-pyrrole nitrogens is 1. The number of fused-ring (bicyclic) bond motifs is 2. The third kappa shape index (κ3) is 4.15. The lowest BCUT2D eigenvalue weighted by atomic mass is 9.88. The van der Waals surface area contributed by atoms with E-state index in [1.807, 2.05) is 23.7 Å². The van der Waals surface area contributed by atoms with Gasteiger partial charge in [0.15, 0.2) is 17.3 Å². The summed E-state index contributed by atoms with van der Waals surface area (Å²) in [4.78, 5) is 13.6. The fourth-order valence-corrected chi connectivity index (χ4v) is 4.93. The number of halogens is 3. The molecule has 0 aliphatic carbocycles. The van der Waals surface area contributed by atoms with Crippen LogP contribution in [0.5, 0.6) is 11.5 Å². The van der Waals surface area contributed by atoms with Crippen LogP contribution < -0.4 is 9.47 Å². The molecule has 1 aromatic carbocycles. The van der Waals surface area contributed by atoms with Gasteiger partial charge >= 0.3 is 6.18 Å². The summed E-state index contributed by atoms with van der Waals surface area (Å²) in [6.07, 6.45) is -0.990. The van der Waals surface area contributed by atoms with E-state index in [0.29, 0.717) is 31.2 Å². The summed E-state index contributed by atoms with van der Waals surface area (Å²) in [5.41, 5.74) is 2.92.